The Morgan fingerprint density at radius 3 is 2.26 bits per heavy atom. The fourth-order valence-corrected chi connectivity index (χ4v) is 3.28. The molecule has 1 aliphatic heterocycles. The number of rotatable bonds is 9. The summed E-state index contributed by atoms with van der Waals surface area (Å²) in [5, 5.41) is 2.95. The fraction of sp³-hybridized carbons (Fsp3) is 0.571. The number of carbonyl (C=O) groups excluding carboxylic acids is 1. The lowest BCUT2D eigenvalue weighted by atomic mass is 10.1. The molecule has 0 bridgehead atoms. The molecule has 1 aliphatic rings. The third-order valence-electron chi connectivity index (χ3n) is 4.80. The summed E-state index contributed by atoms with van der Waals surface area (Å²) >= 11 is 0. The van der Waals surface area contributed by atoms with E-state index in [0.717, 1.165) is 18.5 Å². The lowest BCUT2D eigenvalue weighted by Crippen LogP contribution is -2.30. The molecule has 1 aromatic rings. The maximum Gasteiger partial charge on any atom is 0.244 e. The van der Waals surface area contributed by atoms with E-state index in [4.69, 9.17) is 14.2 Å². The molecule has 0 spiro atoms. The zero-order chi connectivity index (χ0) is 19.5. The number of nitrogens with zero attached hydrogens (tertiary/aromatic N) is 1. The lowest BCUT2D eigenvalue weighted by molar-refractivity contribution is -0.116. The number of amides is 1. The number of hydrogen-bond acceptors (Lipinski definition) is 5. The topological polar surface area (TPSA) is 60.0 Å². The molecule has 1 aromatic carbocycles. The van der Waals surface area contributed by atoms with E-state index in [1.165, 1.54) is 44.8 Å². The van der Waals surface area contributed by atoms with Crippen LogP contribution in [0, 0.1) is 0 Å². The number of nitrogens with one attached hydrogen (secondary N) is 1. The van der Waals surface area contributed by atoms with Crippen molar-refractivity contribution in [3.8, 4) is 17.2 Å². The molecule has 1 fully saturated rings. The molecule has 0 aliphatic carbocycles. The first-order chi connectivity index (χ1) is 13.2. The molecule has 0 saturated carbocycles. The van der Waals surface area contributed by atoms with Crippen molar-refractivity contribution in [3.63, 3.8) is 0 Å². The summed E-state index contributed by atoms with van der Waals surface area (Å²) in [6, 6.07) is 3.54. The molecule has 1 heterocycles. The highest BCUT2D eigenvalue weighted by Gasteiger charge is 2.11. The van der Waals surface area contributed by atoms with Gasteiger partial charge < -0.3 is 24.4 Å². The van der Waals surface area contributed by atoms with Crippen LogP contribution in [0.2, 0.25) is 0 Å². The highest BCUT2D eigenvalue weighted by Crippen LogP contribution is 2.35. The van der Waals surface area contributed by atoms with E-state index in [1.807, 2.05) is 0 Å². The predicted molar refractivity (Wildman–Crippen MR) is 108 cm³/mol. The van der Waals surface area contributed by atoms with E-state index < -0.39 is 0 Å². The first-order valence-electron chi connectivity index (χ1n) is 9.66. The van der Waals surface area contributed by atoms with Crippen LogP contribution >= 0.6 is 0 Å². The molecular formula is C21H32N2O4. The van der Waals surface area contributed by atoms with Gasteiger partial charge in [-0.1, -0.05) is 12.8 Å². The summed E-state index contributed by atoms with van der Waals surface area (Å²) in [4.78, 5) is 14.6. The fourth-order valence-electron chi connectivity index (χ4n) is 3.28. The minimum absolute atomic E-state index is 0.109. The van der Waals surface area contributed by atoms with E-state index in [2.05, 4.69) is 10.2 Å². The monoisotopic (exact) mass is 376 g/mol. The van der Waals surface area contributed by atoms with Crippen molar-refractivity contribution in [2.75, 3.05) is 47.5 Å². The number of carbonyl (C=O) groups is 1. The molecule has 1 N–H and O–H groups in total. The van der Waals surface area contributed by atoms with Gasteiger partial charge in [0.2, 0.25) is 5.91 Å². The van der Waals surface area contributed by atoms with Gasteiger partial charge in [0.1, 0.15) is 5.75 Å². The Morgan fingerprint density at radius 2 is 1.63 bits per heavy atom. The predicted octanol–water partition coefficient (Wildman–Crippen LogP) is 3.11. The van der Waals surface area contributed by atoms with Gasteiger partial charge in [-0.05, 0) is 51.0 Å². The molecule has 0 radical (unpaired) electrons. The summed E-state index contributed by atoms with van der Waals surface area (Å²) in [5.41, 5.74) is 0.759. The van der Waals surface area contributed by atoms with Crippen molar-refractivity contribution < 1.29 is 19.0 Å². The highest BCUT2D eigenvalue weighted by molar-refractivity contribution is 5.92. The standard InChI is InChI=1S/C21H32N2O4/c1-25-18-16-20(27-3)19(26-2)15-17(18)9-10-21(24)22-11-8-14-23-12-6-4-5-7-13-23/h9-10,15-16H,4-8,11-14H2,1-3H3,(H,22,24)/b10-9+. The SMILES string of the molecule is COc1cc(OC)c(OC)cc1/C=C/C(=O)NCCCN1CCCCCC1. The summed E-state index contributed by atoms with van der Waals surface area (Å²) < 4.78 is 16.0. The first-order valence-corrected chi connectivity index (χ1v) is 9.66. The van der Waals surface area contributed by atoms with Crippen LogP contribution in [-0.4, -0.2) is 58.3 Å². The van der Waals surface area contributed by atoms with Crippen LogP contribution in [0.5, 0.6) is 17.2 Å². The second-order valence-corrected chi connectivity index (χ2v) is 6.68. The van der Waals surface area contributed by atoms with Crippen molar-refractivity contribution >= 4 is 12.0 Å². The smallest absolute Gasteiger partial charge is 0.244 e. The molecular weight excluding hydrogens is 344 g/mol. The van der Waals surface area contributed by atoms with E-state index in [1.54, 1.807) is 39.5 Å². The van der Waals surface area contributed by atoms with E-state index in [9.17, 15) is 4.79 Å². The molecule has 0 aromatic heterocycles. The van der Waals surface area contributed by atoms with Crippen molar-refractivity contribution in [2.45, 2.75) is 32.1 Å². The van der Waals surface area contributed by atoms with Crippen LogP contribution in [0.4, 0.5) is 0 Å². The molecule has 150 valence electrons. The maximum absolute atomic E-state index is 12.1. The van der Waals surface area contributed by atoms with Crippen molar-refractivity contribution in [1.82, 2.24) is 10.2 Å². The quantitative estimate of drug-likeness (QED) is 0.530. The number of likely N-dealkylation sites (tertiary alicyclic amines) is 1. The van der Waals surface area contributed by atoms with Crippen LogP contribution < -0.4 is 19.5 Å². The summed E-state index contributed by atoms with van der Waals surface area (Å²) in [7, 11) is 4.74. The molecule has 1 amide bonds. The average Bonchev–Trinajstić information content (AvgIpc) is 2.97. The second-order valence-electron chi connectivity index (χ2n) is 6.68. The Hall–Kier alpha value is -2.21. The number of ether oxygens (including phenoxy) is 3. The third kappa shape index (κ3) is 6.79. The van der Waals surface area contributed by atoms with Crippen molar-refractivity contribution in [2.24, 2.45) is 0 Å². The Labute approximate surface area is 162 Å². The van der Waals surface area contributed by atoms with Crippen LogP contribution in [0.15, 0.2) is 18.2 Å². The average molecular weight is 376 g/mol. The largest absolute Gasteiger partial charge is 0.496 e. The summed E-state index contributed by atoms with van der Waals surface area (Å²) in [5.74, 6) is 1.70. The Morgan fingerprint density at radius 1 is 1.00 bits per heavy atom. The molecule has 6 heteroatoms. The summed E-state index contributed by atoms with van der Waals surface area (Å²) in [6.45, 7) is 4.11. The minimum Gasteiger partial charge on any atom is -0.496 e. The first kappa shape index (κ1) is 21.1. The Bertz CT molecular complexity index is 623. The molecule has 1 saturated heterocycles. The molecule has 2 rings (SSSR count). The summed E-state index contributed by atoms with van der Waals surface area (Å²) in [6.07, 6.45) is 9.50. The van der Waals surface area contributed by atoms with Crippen LogP contribution in [0.25, 0.3) is 6.08 Å². The van der Waals surface area contributed by atoms with Crippen molar-refractivity contribution in [1.29, 1.82) is 0 Å². The number of methoxy groups -OCH3 is 3. The third-order valence-corrected chi connectivity index (χ3v) is 4.80. The minimum atomic E-state index is -0.109. The van der Waals surface area contributed by atoms with Gasteiger partial charge in [-0.3, -0.25) is 4.79 Å². The van der Waals surface area contributed by atoms with E-state index in [0.29, 0.717) is 23.8 Å². The van der Waals surface area contributed by atoms with Gasteiger partial charge in [-0.25, -0.2) is 0 Å². The molecule has 0 atom stereocenters. The van der Waals surface area contributed by atoms with Gasteiger partial charge in [-0.15, -0.1) is 0 Å². The van der Waals surface area contributed by atoms with Gasteiger partial charge in [-0.2, -0.15) is 0 Å². The van der Waals surface area contributed by atoms with Gasteiger partial charge in [0, 0.05) is 24.3 Å². The molecule has 6 nitrogen and oxygen atoms in total. The van der Waals surface area contributed by atoms with Gasteiger partial charge >= 0.3 is 0 Å². The highest BCUT2D eigenvalue weighted by atomic mass is 16.5. The Balaban J connectivity index is 1.83. The van der Waals surface area contributed by atoms with Gasteiger partial charge in [0.25, 0.3) is 0 Å². The molecule has 0 unspecified atom stereocenters. The zero-order valence-electron chi connectivity index (χ0n) is 16.8. The number of hydrogen-bond donors (Lipinski definition) is 1. The lowest BCUT2D eigenvalue weighted by Gasteiger charge is -2.19. The second kappa shape index (κ2) is 11.5. The normalized spacial score (nSPS) is 15.4. The maximum atomic E-state index is 12.1. The van der Waals surface area contributed by atoms with E-state index in [-0.39, 0.29) is 5.91 Å². The van der Waals surface area contributed by atoms with Crippen LogP contribution in [0.1, 0.15) is 37.7 Å². The van der Waals surface area contributed by atoms with Crippen LogP contribution in [-0.2, 0) is 4.79 Å². The molecule has 27 heavy (non-hydrogen) atoms. The van der Waals surface area contributed by atoms with Crippen LogP contribution in [0.3, 0.4) is 0 Å². The Kier molecular flexibility index (Phi) is 8.98. The zero-order valence-corrected chi connectivity index (χ0v) is 16.8. The van der Waals surface area contributed by atoms with E-state index >= 15 is 0 Å². The number of benzene rings is 1. The van der Waals surface area contributed by atoms with Gasteiger partial charge in [0.05, 0.1) is 21.3 Å². The van der Waals surface area contributed by atoms with Crippen molar-refractivity contribution in [3.05, 3.63) is 23.8 Å². The van der Waals surface area contributed by atoms with Gasteiger partial charge in [0.15, 0.2) is 11.5 Å².